The van der Waals surface area contributed by atoms with E-state index in [1.807, 2.05) is 24.4 Å². The Labute approximate surface area is 105 Å². The third kappa shape index (κ3) is 3.20. The van der Waals surface area contributed by atoms with Crippen LogP contribution in [0.5, 0.6) is 0 Å². The van der Waals surface area contributed by atoms with E-state index in [9.17, 15) is 4.79 Å². The lowest BCUT2D eigenvalue weighted by atomic mass is 10.1. The van der Waals surface area contributed by atoms with Gasteiger partial charge in [-0.2, -0.15) is 0 Å². The van der Waals surface area contributed by atoms with E-state index in [0.29, 0.717) is 5.75 Å². The highest BCUT2D eigenvalue weighted by molar-refractivity contribution is 7.99. The highest BCUT2D eigenvalue weighted by atomic mass is 32.2. The van der Waals surface area contributed by atoms with Crippen LogP contribution in [-0.2, 0) is 10.5 Å². The van der Waals surface area contributed by atoms with E-state index >= 15 is 0 Å². The van der Waals surface area contributed by atoms with Gasteiger partial charge in [-0.25, -0.2) is 4.98 Å². The monoisotopic (exact) mass is 246 g/mol. The van der Waals surface area contributed by atoms with Crippen molar-refractivity contribution in [3.8, 4) is 11.4 Å². The van der Waals surface area contributed by atoms with Crippen molar-refractivity contribution >= 4 is 17.5 Å². The highest BCUT2D eigenvalue weighted by Gasteiger charge is 2.06. The van der Waals surface area contributed by atoms with Crippen LogP contribution in [0.15, 0.2) is 36.7 Å². The molecule has 3 nitrogen and oxygen atoms in total. The molecule has 1 aromatic carbocycles. The Morgan fingerprint density at radius 2 is 2.24 bits per heavy atom. The molecular formula is C13H14N2OS. The average Bonchev–Trinajstić information content (AvgIpc) is 2.82. The number of aromatic amines is 1. The van der Waals surface area contributed by atoms with Gasteiger partial charge in [-0.15, -0.1) is 11.8 Å². The maximum absolute atomic E-state index is 10.9. The fraction of sp³-hybridized carbons (Fsp3) is 0.231. The van der Waals surface area contributed by atoms with E-state index in [4.69, 9.17) is 0 Å². The lowest BCUT2D eigenvalue weighted by Crippen LogP contribution is -1.95. The van der Waals surface area contributed by atoms with Crippen molar-refractivity contribution in [2.75, 3.05) is 5.75 Å². The first kappa shape index (κ1) is 11.9. The van der Waals surface area contributed by atoms with Crippen LogP contribution < -0.4 is 0 Å². The van der Waals surface area contributed by atoms with E-state index in [1.54, 1.807) is 24.9 Å². The number of nitrogens with zero attached hydrogens (tertiary/aromatic N) is 1. The van der Waals surface area contributed by atoms with Gasteiger partial charge in [0.25, 0.3) is 0 Å². The Morgan fingerprint density at radius 3 is 2.94 bits per heavy atom. The van der Waals surface area contributed by atoms with Gasteiger partial charge in [0.05, 0.1) is 5.75 Å². The molecule has 0 unspecified atom stereocenters. The quantitative estimate of drug-likeness (QED) is 0.882. The maximum Gasteiger partial charge on any atom is 0.139 e. The van der Waals surface area contributed by atoms with Crippen LogP contribution in [0.2, 0.25) is 0 Å². The minimum atomic E-state index is 0.213. The highest BCUT2D eigenvalue weighted by Crippen LogP contribution is 2.23. The van der Waals surface area contributed by atoms with Crippen molar-refractivity contribution in [3.63, 3.8) is 0 Å². The average molecular weight is 246 g/mol. The molecule has 0 spiro atoms. The van der Waals surface area contributed by atoms with Gasteiger partial charge < -0.3 is 4.98 Å². The zero-order valence-electron chi connectivity index (χ0n) is 9.64. The number of thioether (sulfide) groups is 1. The van der Waals surface area contributed by atoms with Crippen molar-refractivity contribution in [2.24, 2.45) is 0 Å². The van der Waals surface area contributed by atoms with Crippen molar-refractivity contribution < 1.29 is 4.79 Å². The summed E-state index contributed by atoms with van der Waals surface area (Å²) < 4.78 is 0. The Balaban J connectivity index is 2.14. The third-order valence-electron chi connectivity index (χ3n) is 2.33. The van der Waals surface area contributed by atoms with Crippen LogP contribution in [-0.4, -0.2) is 21.5 Å². The predicted molar refractivity (Wildman–Crippen MR) is 70.9 cm³/mol. The molecule has 17 heavy (non-hydrogen) atoms. The van der Waals surface area contributed by atoms with Gasteiger partial charge >= 0.3 is 0 Å². The third-order valence-corrected chi connectivity index (χ3v) is 3.46. The van der Waals surface area contributed by atoms with E-state index < -0.39 is 0 Å². The summed E-state index contributed by atoms with van der Waals surface area (Å²) in [7, 11) is 0. The number of carbonyl (C=O) groups is 1. The van der Waals surface area contributed by atoms with Gasteiger partial charge in [-0.1, -0.05) is 24.3 Å². The molecule has 0 saturated carbocycles. The summed E-state index contributed by atoms with van der Waals surface area (Å²) in [6.07, 6.45) is 3.56. The van der Waals surface area contributed by atoms with Gasteiger partial charge in [0.2, 0.25) is 0 Å². The number of Topliss-reactive ketones (excluding diaryl/α,β-unsaturated/α-hetero) is 1. The van der Waals surface area contributed by atoms with Gasteiger partial charge in [0.15, 0.2) is 0 Å². The van der Waals surface area contributed by atoms with E-state index in [2.05, 4.69) is 16.0 Å². The van der Waals surface area contributed by atoms with Crippen LogP contribution in [0.1, 0.15) is 12.5 Å². The van der Waals surface area contributed by atoms with Crippen LogP contribution in [0, 0.1) is 0 Å². The van der Waals surface area contributed by atoms with Gasteiger partial charge in [0.1, 0.15) is 11.6 Å². The number of carbonyl (C=O) groups excluding carboxylic acids is 1. The Kier molecular flexibility index (Phi) is 3.98. The molecule has 0 aliphatic heterocycles. The molecule has 2 aromatic rings. The summed E-state index contributed by atoms with van der Waals surface area (Å²) in [5.41, 5.74) is 2.31. The SMILES string of the molecule is CC(=O)CSCc1ccccc1-c1ncc[nH]1. The molecule has 2 rings (SSSR count). The smallest absolute Gasteiger partial charge is 0.139 e. The molecule has 0 radical (unpaired) electrons. The number of benzene rings is 1. The molecule has 0 fully saturated rings. The number of aromatic nitrogens is 2. The minimum absolute atomic E-state index is 0.213. The molecule has 1 aromatic heterocycles. The normalized spacial score (nSPS) is 10.4. The Hall–Kier alpha value is -1.55. The lowest BCUT2D eigenvalue weighted by molar-refractivity contribution is -0.114. The van der Waals surface area contributed by atoms with Gasteiger partial charge in [-0.3, -0.25) is 4.79 Å². The molecule has 4 heteroatoms. The summed E-state index contributed by atoms with van der Waals surface area (Å²) in [4.78, 5) is 18.3. The van der Waals surface area contributed by atoms with Gasteiger partial charge in [-0.05, 0) is 12.5 Å². The van der Waals surface area contributed by atoms with Crippen LogP contribution in [0.4, 0.5) is 0 Å². The molecule has 0 saturated heterocycles. The second kappa shape index (κ2) is 5.68. The minimum Gasteiger partial charge on any atom is -0.345 e. The van der Waals surface area contributed by atoms with Crippen LogP contribution in [0.3, 0.4) is 0 Å². The van der Waals surface area contributed by atoms with Crippen LogP contribution in [0.25, 0.3) is 11.4 Å². The van der Waals surface area contributed by atoms with Crippen LogP contribution >= 0.6 is 11.8 Å². The van der Waals surface area contributed by atoms with Crippen molar-refractivity contribution in [1.29, 1.82) is 0 Å². The molecule has 88 valence electrons. The molecule has 1 heterocycles. The maximum atomic E-state index is 10.9. The zero-order chi connectivity index (χ0) is 12.1. The number of hydrogen-bond donors (Lipinski definition) is 1. The van der Waals surface area contributed by atoms with E-state index in [-0.39, 0.29) is 5.78 Å². The van der Waals surface area contributed by atoms with Crippen molar-refractivity contribution in [1.82, 2.24) is 9.97 Å². The number of rotatable bonds is 5. The summed E-state index contributed by atoms with van der Waals surface area (Å²) in [5.74, 6) is 2.48. The second-order valence-electron chi connectivity index (χ2n) is 3.79. The molecule has 0 bridgehead atoms. The fourth-order valence-corrected chi connectivity index (χ4v) is 2.46. The van der Waals surface area contributed by atoms with Crippen molar-refractivity contribution in [3.05, 3.63) is 42.2 Å². The molecule has 0 atom stereocenters. The first-order valence-corrected chi connectivity index (χ1v) is 6.57. The Morgan fingerprint density at radius 1 is 1.41 bits per heavy atom. The largest absolute Gasteiger partial charge is 0.345 e. The first-order chi connectivity index (χ1) is 8.27. The fourth-order valence-electron chi connectivity index (χ4n) is 1.59. The standard InChI is InChI=1S/C13H14N2OS/c1-10(16)8-17-9-11-4-2-3-5-12(11)13-14-6-7-15-13/h2-7H,8-9H2,1H3,(H,14,15). The molecule has 1 N–H and O–H groups in total. The summed E-state index contributed by atoms with van der Waals surface area (Å²) in [6.45, 7) is 1.62. The second-order valence-corrected chi connectivity index (χ2v) is 4.78. The van der Waals surface area contributed by atoms with E-state index in [1.165, 1.54) is 5.56 Å². The molecule has 0 amide bonds. The number of nitrogens with one attached hydrogen (secondary N) is 1. The first-order valence-electron chi connectivity index (χ1n) is 5.42. The number of ketones is 1. The molecule has 0 aliphatic carbocycles. The summed E-state index contributed by atoms with van der Waals surface area (Å²) in [5, 5.41) is 0. The van der Waals surface area contributed by atoms with Crippen molar-refractivity contribution in [2.45, 2.75) is 12.7 Å². The lowest BCUT2D eigenvalue weighted by Gasteiger charge is -2.06. The number of H-pyrrole nitrogens is 1. The number of imidazole rings is 1. The zero-order valence-corrected chi connectivity index (χ0v) is 10.5. The summed E-state index contributed by atoms with van der Waals surface area (Å²) in [6, 6.07) is 8.13. The van der Waals surface area contributed by atoms with E-state index in [0.717, 1.165) is 17.1 Å². The topological polar surface area (TPSA) is 45.8 Å². The summed E-state index contributed by atoms with van der Waals surface area (Å²) >= 11 is 1.63. The Bertz CT molecular complexity index is 494. The number of hydrogen-bond acceptors (Lipinski definition) is 3. The molecular weight excluding hydrogens is 232 g/mol. The molecule has 0 aliphatic rings. The van der Waals surface area contributed by atoms with Gasteiger partial charge in [0, 0.05) is 23.7 Å². The predicted octanol–water partition coefficient (Wildman–Crippen LogP) is 2.90.